The minimum absolute atomic E-state index is 0. The Morgan fingerprint density at radius 2 is 1.70 bits per heavy atom. The van der Waals surface area contributed by atoms with Crippen LogP contribution in [0.15, 0.2) is 29.3 Å². The largest absolute Gasteiger partial charge is 0.370 e. The van der Waals surface area contributed by atoms with Crippen molar-refractivity contribution in [3.8, 4) is 0 Å². The zero-order valence-electron chi connectivity index (χ0n) is 13.3. The Morgan fingerprint density at radius 3 is 2.26 bits per heavy atom. The van der Waals surface area contributed by atoms with Crippen LogP contribution in [0.3, 0.4) is 0 Å². The maximum Gasteiger partial charge on any atom is 0.191 e. The van der Waals surface area contributed by atoms with Crippen molar-refractivity contribution in [3.63, 3.8) is 0 Å². The zero-order valence-corrected chi connectivity index (χ0v) is 15.7. The van der Waals surface area contributed by atoms with E-state index in [1.54, 1.807) is 0 Å². The molecule has 128 valence electrons. The summed E-state index contributed by atoms with van der Waals surface area (Å²) in [5.41, 5.74) is 7.15. The summed E-state index contributed by atoms with van der Waals surface area (Å²) in [6, 6.07) is 6.67. The average molecular weight is 433 g/mol. The molecule has 2 aliphatic heterocycles. The predicted octanol–water partition coefficient (Wildman–Crippen LogP) is 1.59. The maximum atomic E-state index is 13.0. The normalized spacial score (nSPS) is 19.3. The first-order valence-corrected chi connectivity index (χ1v) is 8.00. The molecule has 2 saturated heterocycles. The highest BCUT2D eigenvalue weighted by Crippen LogP contribution is 2.16. The molecule has 2 aliphatic rings. The predicted molar refractivity (Wildman–Crippen MR) is 103 cm³/mol. The molecule has 7 heteroatoms. The summed E-state index contributed by atoms with van der Waals surface area (Å²) in [4.78, 5) is 11.3. The molecule has 2 fully saturated rings. The Hall–Kier alpha value is -1.09. The molecule has 3 rings (SSSR count). The molecule has 0 atom stereocenters. The summed E-state index contributed by atoms with van der Waals surface area (Å²) in [5.74, 6) is 0.459. The van der Waals surface area contributed by atoms with Crippen molar-refractivity contribution in [2.75, 3.05) is 57.3 Å². The molecule has 0 aromatic heterocycles. The van der Waals surface area contributed by atoms with Crippen molar-refractivity contribution in [2.45, 2.75) is 6.42 Å². The first-order valence-electron chi connectivity index (χ1n) is 8.00. The van der Waals surface area contributed by atoms with Gasteiger partial charge in [0.05, 0.1) is 6.54 Å². The molecule has 0 spiro atoms. The number of rotatable bonds is 4. The number of anilines is 1. The summed E-state index contributed by atoms with van der Waals surface area (Å²) < 4.78 is 13.0. The van der Waals surface area contributed by atoms with Crippen molar-refractivity contribution in [2.24, 2.45) is 10.7 Å². The van der Waals surface area contributed by atoms with Gasteiger partial charge in [-0.25, -0.2) is 4.39 Å². The minimum Gasteiger partial charge on any atom is -0.370 e. The highest BCUT2D eigenvalue weighted by atomic mass is 127. The van der Waals surface area contributed by atoms with E-state index >= 15 is 0 Å². The molecule has 5 nitrogen and oxygen atoms in total. The topological polar surface area (TPSA) is 48.1 Å². The van der Waals surface area contributed by atoms with Crippen molar-refractivity contribution in [1.29, 1.82) is 0 Å². The highest BCUT2D eigenvalue weighted by Gasteiger charge is 2.19. The minimum atomic E-state index is -0.194. The Kier molecular flexibility index (Phi) is 6.88. The number of nitrogens with two attached hydrogens (primary N) is 1. The van der Waals surface area contributed by atoms with Crippen molar-refractivity contribution < 1.29 is 4.39 Å². The van der Waals surface area contributed by atoms with Crippen LogP contribution in [0.1, 0.15) is 6.42 Å². The summed E-state index contributed by atoms with van der Waals surface area (Å²) in [5, 5.41) is 0. The first-order chi connectivity index (χ1) is 10.7. The molecule has 2 N–H and O–H groups in total. The maximum absolute atomic E-state index is 13.0. The van der Waals surface area contributed by atoms with E-state index < -0.39 is 0 Å². The molecular formula is C16H25FIN5. The van der Waals surface area contributed by atoms with Crippen LogP contribution in [0.5, 0.6) is 0 Å². The number of hydrogen-bond acceptors (Lipinski definition) is 3. The average Bonchev–Trinajstić information content (AvgIpc) is 2.50. The third-order valence-corrected chi connectivity index (χ3v) is 4.43. The van der Waals surface area contributed by atoms with E-state index in [1.807, 2.05) is 12.1 Å². The second-order valence-corrected chi connectivity index (χ2v) is 5.89. The summed E-state index contributed by atoms with van der Waals surface area (Å²) in [6.45, 7) is 7.67. The van der Waals surface area contributed by atoms with Crippen LogP contribution in [-0.4, -0.2) is 68.1 Å². The third-order valence-electron chi connectivity index (χ3n) is 4.43. The lowest BCUT2D eigenvalue weighted by atomic mass is 10.2. The van der Waals surface area contributed by atoms with E-state index in [4.69, 9.17) is 5.73 Å². The number of likely N-dealkylation sites (tertiary alicyclic amines) is 1. The number of piperazine rings is 1. The van der Waals surface area contributed by atoms with E-state index in [9.17, 15) is 4.39 Å². The summed E-state index contributed by atoms with van der Waals surface area (Å²) in [6.07, 6.45) is 1.31. The van der Waals surface area contributed by atoms with Gasteiger partial charge in [0.2, 0.25) is 0 Å². The fraction of sp³-hybridized carbons (Fsp3) is 0.562. The summed E-state index contributed by atoms with van der Waals surface area (Å²) >= 11 is 0. The number of nitrogens with zero attached hydrogens (tertiary/aromatic N) is 4. The Morgan fingerprint density at radius 1 is 1.04 bits per heavy atom. The molecule has 1 aromatic rings. The monoisotopic (exact) mass is 433 g/mol. The van der Waals surface area contributed by atoms with Gasteiger partial charge in [-0.15, -0.1) is 24.0 Å². The number of aliphatic imine (C=N–C) groups is 1. The quantitative estimate of drug-likeness (QED) is 0.445. The number of halogens is 2. The van der Waals surface area contributed by atoms with E-state index in [0.29, 0.717) is 5.96 Å². The van der Waals surface area contributed by atoms with Crippen LogP contribution in [0.2, 0.25) is 0 Å². The van der Waals surface area contributed by atoms with Gasteiger partial charge in [0.1, 0.15) is 5.82 Å². The molecule has 0 aliphatic carbocycles. The lowest BCUT2D eigenvalue weighted by molar-refractivity contribution is 0.187. The Balaban J connectivity index is 0.00000192. The fourth-order valence-corrected chi connectivity index (χ4v) is 2.86. The molecule has 23 heavy (non-hydrogen) atoms. The van der Waals surface area contributed by atoms with E-state index in [-0.39, 0.29) is 29.8 Å². The van der Waals surface area contributed by atoms with Gasteiger partial charge in [0, 0.05) is 38.4 Å². The zero-order chi connectivity index (χ0) is 15.4. The first kappa shape index (κ1) is 18.3. The molecule has 0 amide bonds. The third kappa shape index (κ3) is 4.94. The molecule has 0 radical (unpaired) electrons. The molecule has 2 heterocycles. The van der Waals surface area contributed by atoms with Gasteiger partial charge in [-0.2, -0.15) is 0 Å². The van der Waals surface area contributed by atoms with Crippen molar-refractivity contribution in [1.82, 2.24) is 9.80 Å². The van der Waals surface area contributed by atoms with Crippen molar-refractivity contribution in [3.05, 3.63) is 30.1 Å². The molecule has 0 unspecified atom stereocenters. The van der Waals surface area contributed by atoms with Crippen LogP contribution in [-0.2, 0) is 0 Å². The molecule has 0 bridgehead atoms. The van der Waals surface area contributed by atoms with E-state index in [2.05, 4.69) is 19.7 Å². The fourth-order valence-electron chi connectivity index (χ4n) is 2.86. The highest BCUT2D eigenvalue weighted by molar-refractivity contribution is 14.0. The number of hydrogen-bond donors (Lipinski definition) is 1. The number of benzene rings is 1. The van der Waals surface area contributed by atoms with Crippen LogP contribution in [0.4, 0.5) is 10.1 Å². The van der Waals surface area contributed by atoms with Crippen LogP contribution in [0.25, 0.3) is 0 Å². The smallest absolute Gasteiger partial charge is 0.191 e. The van der Waals surface area contributed by atoms with Gasteiger partial charge in [0.15, 0.2) is 5.96 Å². The Bertz CT molecular complexity index is 510. The van der Waals surface area contributed by atoms with E-state index in [0.717, 1.165) is 45.0 Å². The van der Waals surface area contributed by atoms with Gasteiger partial charge in [-0.05, 0) is 43.8 Å². The Labute approximate surface area is 154 Å². The number of guanidine groups is 1. The summed E-state index contributed by atoms with van der Waals surface area (Å²) in [7, 11) is 0. The molecule has 1 aromatic carbocycles. The molecule has 0 saturated carbocycles. The van der Waals surface area contributed by atoms with Crippen LogP contribution in [0, 0.1) is 5.82 Å². The second kappa shape index (κ2) is 8.68. The lowest BCUT2D eigenvalue weighted by Gasteiger charge is -2.36. The lowest BCUT2D eigenvalue weighted by Crippen LogP contribution is -2.51. The van der Waals surface area contributed by atoms with Crippen molar-refractivity contribution >= 4 is 35.6 Å². The van der Waals surface area contributed by atoms with Gasteiger partial charge < -0.3 is 20.4 Å². The van der Waals surface area contributed by atoms with Gasteiger partial charge in [0.25, 0.3) is 0 Å². The van der Waals surface area contributed by atoms with Crippen LogP contribution >= 0.6 is 24.0 Å². The van der Waals surface area contributed by atoms with Crippen LogP contribution < -0.4 is 10.6 Å². The second-order valence-electron chi connectivity index (χ2n) is 5.89. The molecular weight excluding hydrogens is 408 g/mol. The van der Waals surface area contributed by atoms with Gasteiger partial charge in [-0.1, -0.05) is 0 Å². The van der Waals surface area contributed by atoms with Gasteiger partial charge in [-0.3, -0.25) is 4.99 Å². The van der Waals surface area contributed by atoms with Gasteiger partial charge >= 0.3 is 0 Å². The SMILES string of the molecule is I.NC(=NCCN1CCC1)N1CCN(c2ccc(F)cc2)CC1. The van der Waals surface area contributed by atoms with E-state index in [1.165, 1.54) is 31.6 Å². The standard InChI is InChI=1S/C16H24FN5.HI/c17-14-2-4-15(5-3-14)21-10-12-22(13-11-21)16(18)19-6-9-20-7-1-8-20;/h2-5H,1,6-13H2,(H2,18,19);1H.